The van der Waals surface area contributed by atoms with Crippen molar-refractivity contribution >= 4 is 29.4 Å². The molecule has 2 amide bonds. The second kappa shape index (κ2) is 12.1. The number of esters is 1. The summed E-state index contributed by atoms with van der Waals surface area (Å²) in [5.41, 5.74) is 2.38. The van der Waals surface area contributed by atoms with Crippen LogP contribution >= 0.6 is 11.6 Å². The Morgan fingerprint density at radius 3 is 2.22 bits per heavy atom. The van der Waals surface area contributed by atoms with Crippen LogP contribution in [0.4, 0.5) is 0 Å². The standard InChI is InChI=1S/C24H29ClN2O5/c1-15-9-7-11-17(25)20(15)23(29)27-18(24(30)32-4)12-5-6-14-26-22(28)21-16(2)10-8-13-19(21)31-3/h7-11,13,18H,5-6,12,14H2,1-4H3,(H,26,28)(H,27,29)/t18-/m0/s1. The summed E-state index contributed by atoms with van der Waals surface area (Å²) in [6, 6.07) is 9.77. The van der Waals surface area contributed by atoms with Gasteiger partial charge in [-0.25, -0.2) is 4.79 Å². The second-order valence-corrected chi connectivity index (χ2v) is 7.79. The van der Waals surface area contributed by atoms with E-state index in [-0.39, 0.29) is 5.91 Å². The van der Waals surface area contributed by atoms with Crippen LogP contribution in [0.2, 0.25) is 5.02 Å². The van der Waals surface area contributed by atoms with Crippen LogP contribution in [0.5, 0.6) is 5.75 Å². The highest BCUT2D eigenvalue weighted by atomic mass is 35.5. The molecule has 8 heteroatoms. The Morgan fingerprint density at radius 2 is 1.59 bits per heavy atom. The maximum absolute atomic E-state index is 12.7. The lowest BCUT2D eigenvalue weighted by Gasteiger charge is -2.18. The summed E-state index contributed by atoms with van der Waals surface area (Å²) in [7, 11) is 2.80. The lowest BCUT2D eigenvalue weighted by molar-refractivity contribution is -0.143. The monoisotopic (exact) mass is 460 g/mol. The summed E-state index contributed by atoms with van der Waals surface area (Å²) in [6.45, 7) is 4.05. The Hall–Kier alpha value is -3.06. The van der Waals surface area contributed by atoms with E-state index < -0.39 is 17.9 Å². The summed E-state index contributed by atoms with van der Waals surface area (Å²) in [5, 5.41) is 5.90. The van der Waals surface area contributed by atoms with E-state index in [1.165, 1.54) is 14.2 Å². The van der Waals surface area contributed by atoms with Gasteiger partial charge in [-0.2, -0.15) is 0 Å². The van der Waals surface area contributed by atoms with Gasteiger partial charge in [0, 0.05) is 6.54 Å². The number of carbonyl (C=O) groups is 3. The molecule has 0 saturated carbocycles. The zero-order valence-corrected chi connectivity index (χ0v) is 19.5. The molecule has 0 aromatic heterocycles. The third-order valence-electron chi connectivity index (χ3n) is 5.13. The normalized spacial score (nSPS) is 11.4. The molecule has 2 aromatic carbocycles. The number of hydrogen-bond donors (Lipinski definition) is 2. The summed E-state index contributed by atoms with van der Waals surface area (Å²) in [5.74, 6) is -0.655. The quantitative estimate of drug-likeness (QED) is 0.415. The summed E-state index contributed by atoms with van der Waals surface area (Å²) in [4.78, 5) is 37.4. The average molecular weight is 461 g/mol. The number of aryl methyl sites for hydroxylation is 2. The van der Waals surface area contributed by atoms with Gasteiger partial charge < -0.3 is 20.1 Å². The topological polar surface area (TPSA) is 93.7 Å². The maximum atomic E-state index is 12.7. The number of carbonyl (C=O) groups excluding carboxylic acids is 3. The molecule has 0 aliphatic heterocycles. The van der Waals surface area contributed by atoms with Crippen molar-refractivity contribution < 1.29 is 23.9 Å². The number of nitrogens with one attached hydrogen (secondary N) is 2. The highest BCUT2D eigenvalue weighted by molar-refractivity contribution is 6.34. The van der Waals surface area contributed by atoms with E-state index in [4.69, 9.17) is 21.1 Å². The molecule has 172 valence electrons. The third-order valence-corrected chi connectivity index (χ3v) is 5.44. The van der Waals surface area contributed by atoms with Gasteiger partial charge in [0.05, 0.1) is 30.4 Å². The fourth-order valence-electron chi connectivity index (χ4n) is 3.41. The fraction of sp³-hybridized carbons (Fsp3) is 0.375. The second-order valence-electron chi connectivity index (χ2n) is 7.38. The molecule has 1 atom stereocenters. The zero-order valence-electron chi connectivity index (χ0n) is 18.8. The molecule has 0 spiro atoms. The van der Waals surface area contributed by atoms with E-state index in [2.05, 4.69) is 10.6 Å². The predicted molar refractivity (Wildman–Crippen MR) is 123 cm³/mol. The average Bonchev–Trinajstić information content (AvgIpc) is 2.76. The van der Waals surface area contributed by atoms with E-state index in [1.54, 1.807) is 31.2 Å². The van der Waals surface area contributed by atoms with Gasteiger partial charge in [0.2, 0.25) is 0 Å². The summed E-state index contributed by atoms with van der Waals surface area (Å²) in [6.07, 6.45) is 1.58. The minimum Gasteiger partial charge on any atom is -0.496 e. The van der Waals surface area contributed by atoms with Crippen LogP contribution in [-0.2, 0) is 9.53 Å². The fourth-order valence-corrected chi connectivity index (χ4v) is 3.71. The molecule has 0 fully saturated rings. The highest BCUT2D eigenvalue weighted by Crippen LogP contribution is 2.22. The minimum atomic E-state index is -0.810. The van der Waals surface area contributed by atoms with Crippen LogP contribution in [0.1, 0.15) is 51.1 Å². The van der Waals surface area contributed by atoms with Crippen molar-refractivity contribution in [2.24, 2.45) is 0 Å². The first-order valence-electron chi connectivity index (χ1n) is 10.4. The number of methoxy groups -OCH3 is 2. The molecule has 0 aliphatic rings. The molecule has 0 radical (unpaired) electrons. The van der Waals surface area contributed by atoms with Gasteiger partial charge in [-0.05, 0) is 56.4 Å². The molecule has 0 saturated heterocycles. The number of halogens is 1. The van der Waals surface area contributed by atoms with Crippen LogP contribution in [0.25, 0.3) is 0 Å². The Labute approximate surface area is 193 Å². The summed E-state index contributed by atoms with van der Waals surface area (Å²) >= 11 is 6.15. The van der Waals surface area contributed by atoms with Crippen LogP contribution in [-0.4, -0.2) is 44.6 Å². The largest absolute Gasteiger partial charge is 0.496 e. The van der Waals surface area contributed by atoms with Gasteiger partial charge in [0.15, 0.2) is 0 Å². The lowest BCUT2D eigenvalue weighted by atomic mass is 10.1. The molecule has 0 aliphatic carbocycles. The number of rotatable bonds is 10. The third kappa shape index (κ3) is 6.47. The number of amides is 2. The Morgan fingerprint density at radius 1 is 0.938 bits per heavy atom. The van der Waals surface area contributed by atoms with Gasteiger partial charge in [-0.15, -0.1) is 0 Å². The van der Waals surface area contributed by atoms with Crippen molar-refractivity contribution in [3.63, 3.8) is 0 Å². The Bertz CT molecular complexity index is 957. The Kier molecular flexibility index (Phi) is 9.53. The van der Waals surface area contributed by atoms with Crippen molar-refractivity contribution in [2.45, 2.75) is 39.2 Å². The van der Waals surface area contributed by atoms with Crippen molar-refractivity contribution in [1.29, 1.82) is 0 Å². The molecule has 32 heavy (non-hydrogen) atoms. The zero-order chi connectivity index (χ0) is 23.7. The Balaban J connectivity index is 1.90. The molecular weight excluding hydrogens is 432 g/mol. The molecule has 2 aromatic rings. The number of benzene rings is 2. The molecule has 0 bridgehead atoms. The predicted octanol–water partition coefficient (Wildman–Crippen LogP) is 3.84. The molecule has 7 nitrogen and oxygen atoms in total. The number of unbranched alkanes of at least 4 members (excludes halogenated alkanes) is 1. The summed E-state index contributed by atoms with van der Waals surface area (Å²) < 4.78 is 10.1. The van der Waals surface area contributed by atoms with Crippen molar-refractivity contribution in [2.75, 3.05) is 20.8 Å². The van der Waals surface area contributed by atoms with Crippen LogP contribution in [0, 0.1) is 13.8 Å². The van der Waals surface area contributed by atoms with E-state index >= 15 is 0 Å². The van der Waals surface area contributed by atoms with Crippen molar-refractivity contribution in [3.8, 4) is 5.75 Å². The van der Waals surface area contributed by atoms with Crippen LogP contribution < -0.4 is 15.4 Å². The molecular formula is C24H29ClN2O5. The van der Waals surface area contributed by atoms with Crippen molar-refractivity contribution in [3.05, 3.63) is 63.7 Å². The first-order valence-corrected chi connectivity index (χ1v) is 10.7. The van der Waals surface area contributed by atoms with Gasteiger partial charge in [-0.1, -0.05) is 35.9 Å². The molecule has 2 N–H and O–H groups in total. The van der Waals surface area contributed by atoms with E-state index in [9.17, 15) is 14.4 Å². The van der Waals surface area contributed by atoms with Gasteiger partial charge in [-0.3, -0.25) is 9.59 Å². The van der Waals surface area contributed by atoms with Gasteiger partial charge >= 0.3 is 5.97 Å². The van der Waals surface area contributed by atoms with E-state index in [0.717, 1.165) is 5.56 Å². The SMILES string of the molecule is COC(=O)[C@H](CCCCNC(=O)c1c(C)cccc1OC)NC(=O)c1c(C)cccc1Cl. The maximum Gasteiger partial charge on any atom is 0.328 e. The smallest absolute Gasteiger partial charge is 0.328 e. The molecule has 0 heterocycles. The van der Waals surface area contributed by atoms with Crippen LogP contribution in [0.3, 0.4) is 0 Å². The van der Waals surface area contributed by atoms with Gasteiger partial charge in [0.25, 0.3) is 11.8 Å². The van der Waals surface area contributed by atoms with Crippen LogP contribution in [0.15, 0.2) is 36.4 Å². The number of ether oxygens (including phenoxy) is 2. The first-order chi connectivity index (χ1) is 15.3. The number of hydrogen-bond acceptors (Lipinski definition) is 5. The van der Waals surface area contributed by atoms with Gasteiger partial charge in [0.1, 0.15) is 11.8 Å². The molecule has 2 rings (SSSR count). The van der Waals surface area contributed by atoms with Crippen molar-refractivity contribution in [1.82, 2.24) is 10.6 Å². The van der Waals surface area contributed by atoms with E-state index in [0.29, 0.717) is 53.3 Å². The van der Waals surface area contributed by atoms with E-state index in [1.807, 2.05) is 19.1 Å². The minimum absolute atomic E-state index is 0.216. The first kappa shape index (κ1) is 25.2. The molecule has 0 unspecified atom stereocenters. The highest BCUT2D eigenvalue weighted by Gasteiger charge is 2.23. The lowest BCUT2D eigenvalue weighted by Crippen LogP contribution is -2.42.